The maximum absolute atomic E-state index is 2.42. The third-order valence-corrected chi connectivity index (χ3v) is 5.11. The largest absolute Gasteiger partial charge is 0.139 e. The summed E-state index contributed by atoms with van der Waals surface area (Å²) >= 11 is 0. The highest BCUT2D eigenvalue weighted by atomic mass is 14.1. The van der Waals surface area contributed by atoms with E-state index in [4.69, 9.17) is 0 Å². The highest BCUT2D eigenvalue weighted by Gasteiger charge is 2.10. The number of rotatable bonds is 6. The molecule has 0 saturated heterocycles. The monoisotopic (exact) mass is 338 g/mol. The van der Waals surface area contributed by atoms with Gasteiger partial charge in [-0.15, -0.1) is 0 Å². The zero-order chi connectivity index (χ0) is 18.4. The van der Waals surface area contributed by atoms with Crippen molar-refractivity contribution in [1.82, 2.24) is 0 Å². The molecule has 1 heteroatoms. The lowest BCUT2D eigenvalue weighted by atomic mass is 9.88. The molecule has 0 aliphatic carbocycles. The second kappa shape index (κ2) is 8.71. The first-order valence-corrected chi connectivity index (χ1v) is 9.59. The first kappa shape index (κ1) is 18.3. The van der Waals surface area contributed by atoms with Crippen LogP contribution < -0.4 is 5.46 Å². The maximum atomic E-state index is 2.42. The molecule has 26 heavy (non-hydrogen) atoms. The van der Waals surface area contributed by atoms with Crippen molar-refractivity contribution in [3.05, 3.63) is 96.1 Å². The summed E-state index contributed by atoms with van der Waals surface area (Å²) in [6.45, 7) is 4.59. The van der Waals surface area contributed by atoms with Gasteiger partial charge in [0.05, 0.1) is 0 Å². The topological polar surface area (TPSA) is 0 Å². The third-order valence-electron chi connectivity index (χ3n) is 5.11. The van der Waals surface area contributed by atoms with Gasteiger partial charge in [-0.3, -0.25) is 0 Å². The maximum Gasteiger partial charge on any atom is 0.139 e. The minimum atomic E-state index is 0.558. The summed E-state index contributed by atoms with van der Waals surface area (Å²) in [6, 6.07) is 28.4. The Balaban J connectivity index is 1.87. The Morgan fingerprint density at radius 3 is 2.23 bits per heavy atom. The van der Waals surface area contributed by atoms with E-state index in [1.165, 1.54) is 33.3 Å². The van der Waals surface area contributed by atoms with E-state index in [2.05, 4.69) is 107 Å². The van der Waals surface area contributed by atoms with Crippen LogP contribution in [0.5, 0.6) is 0 Å². The molecular weight excluding hydrogens is 311 g/mol. The van der Waals surface area contributed by atoms with Crippen LogP contribution >= 0.6 is 0 Å². The van der Waals surface area contributed by atoms with E-state index in [9.17, 15) is 0 Å². The highest BCUT2D eigenvalue weighted by molar-refractivity contribution is 6.32. The number of allylic oxidation sites excluding steroid dienone is 2. The lowest BCUT2D eigenvalue weighted by Gasteiger charge is -2.16. The predicted octanol–water partition coefficient (Wildman–Crippen LogP) is 5.28. The molecule has 0 N–H and O–H groups in total. The summed E-state index contributed by atoms with van der Waals surface area (Å²) in [5.74, 6) is 0.558. The number of hydrogen-bond donors (Lipinski definition) is 0. The molecule has 0 bridgehead atoms. The molecule has 0 heterocycles. The van der Waals surface area contributed by atoms with Crippen molar-refractivity contribution < 1.29 is 0 Å². The van der Waals surface area contributed by atoms with Gasteiger partial charge in [0.1, 0.15) is 7.85 Å². The Morgan fingerprint density at radius 1 is 0.885 bits per heavy atom. The predicted molar refractivity (Wildman–Crippen MR) is 118 cm³/mol. The molecule has 1 unspecified atom stereocenters. The van der Waals surface area contributed by atoms with Gasteiger partial charge in [0.25, 0.3) is 0 Å². The quantitative estimate of drug-likeness (QED) is 0.536. The van der Waals surface area contributed by atoms with Gasteiger partial charge in [-0.1, -0.05) is 104 Å². The van der Waals surface area contributed by atoms with E-state index in [1.807, 2.05) is 0 Å². The Kier molecular flexibility index (Phi) is 6.12. The van der Waals surface area contributed by atoms with Crippen molar-refractivity contribution in [1.29, 1.82) is 0 Å². The molecule has 0 nitrogen and oxygen atoms in total. The van der Waals surface area contributed by atoms with Gasteiger partial charge in [-0.2, -0.15) is 0 Å². The van der Waals surface area contributed by atoms with Crippen molar-refractivity contribution in [2.75, 3.05) is 0 Å². The van der Waals surface area contributed by atoms with Crippen molar-refractivity contribution in [3.63, 3.8) is 0 Å². The summed E-state index contributed by atoms with van der Waals surface area (Å²) in [4.78, 5) is 0. The number of hydrogen-bond acceptors (Lipinski definition) is 0. The van der Waals surface area contributed by atoms with Crippen LogP contribution in [-0.2, 0) is 6.42 Å². The summed E-state index contributed by atoms with van der Waals surface area (Å²) < 4.78 is 0. The Labute approximate surface area is 159 Å². The molecular formula is C25H27B. The standard InChI is InChI=1S/C25H27B/c1-3-19(2)25(17-12-20-8-7-11-24(26)18-20)23-15-13-22(14-16-23)21-9-5-4-6-10-21/h4-11,13-19H,3,12,26H2,1-2H3/b25-17+. The van der Waals surface area contributed by atoms with Gasteiger partial charge in [-0.25, -0.2) is 0 Å². The molecule has 0 aromatic heterocycles. The molecule has 1 atom stereocenters. The van der Waals surface area contributed by atoms with Crippen LogP contribution in [0.2, 0.25) is 0 Å². The molecule has 0 amide bonds. The highest BCUT2D eigenvalue weighted by Crippen LogP contribution is 2.28. The van der Waals surface area contributed by atoms with Gasteiger partial charge >= 0.3 is 0 Å². The zero-order valence-electron chi connectivity index (χ0n) is 16.1. The van der Waals surface area contributed by atoms with Gasteiger partial charge in [-0.05, 0) is 46.6 Å². The molecule has 0 fully saturated rings. The van der Waals surface area contributed by atoms with Gasteiger partial charge < -0.3 is 0 Å². The van der Waals surface area contributed by atoms with Crippen LogP contribution in [0.15, 0.2) is 84.9 Å². The van der Waals surface area contributed by atoms with Crippen LogP contribution in [0.1, 0.15) is 31.4 Å². The zero-order valence-corrected chi connectivity index (χ0v) is 16.1. The fourth-order valence-corrected chi connectivity index (χ4v) is 3.38. The van der Waals surface area contributed by atoms with Crippen LogP contribution in [-0.4, -0.2) is 7.85 Å². The van der Waals surface area contributed by atoms with E-state index in [-0.39, 0.29) is 0 Å². The Hall–Kier alpha value is -2.54. The van der Waals surface area contributed by atoms with Crippen LogP contribution in [0.4, 0.5) is 0 Å². The van der Waals surface area contributed by atoms with Crippen LogP contribution in [0, 0.1) is 5.92 Å². The van der Waals surface area contributed by atoms with E-state index < -0.39 is 0 Å². The Bertz CT molecular complexity index is 860. The molecule has 3 aromatic carbocycles. The summed E-state index contributed by atoms with van der Waals surface area (Å²) in [6.07, 6.45) is 4.56. The third kappa shape index (κ3) is 4.55. The van der Waals surface area contributed by atoms with Gasteiger partial charge in [0, 0.05) is 0 Å². The lowest BCUT2D eigenvalue weighted by molar-refractivity contribution is 0.716. The normalized spacial score (nSPS) is 12.8. The van der Waals surface area contributed by atoms with Gasteiger partial charge in [0.2, 0.25) is 0 Å². The lowest BCUT2D eigenvalue weighted by Crippen LogP contribution is -2.03. The minimum absolute atomic E-state index is 0.558. The average molecular weight is 338 g/mol. The van der Waals surface area contributed by atoms with E-state index in [0.29, 0.717) is 5.92 Å². The van der Waals surface area contributed by atoms with Crippen molar-refractivity contribution in [2.45, 2.75) is 26.7 Å². The van der Waals surface area contributed by atoms with Crippen molar-refractivity contribution in [3.8, 4) is 11.1 Å². The SMILES string of the molecule is Bc1cccc(C/C=C(/c2ccc(-c3ccccc3)cc2)C(C)CC)c1. The first-order chi connectivity index (χ1) is 12.7. The molecule has 0 radical (unpaired) electrons. The van der Waals surface area contributed by atoms with E-state index in [0.717, 1.165) is 12.8 Å². The molecule has 3 aromatic rings. The van der Waals surface area contributed by atoms with E-state index >= 15 is 0 Å². The second-order valence-electron chi connectivity index (χ2n) is 7.11. The summed E-state index contributed by atoms with van der Waals surface area (Å²) in [7, 11) is 2.16. The molecule has 3 rings (SSSR count). The minimum Gasteiger partial charge on any atom is -0.0887 e. The summed E-state index contributed by atoms with van der Waals surface area (Å²) in [5, 5.41) is 0. The smallest absolute Gasteiger partial charge is 0.0887 e. The first-order valence-electron chi connectivity index (χ1n) is 9.59. The fourth-order valence-electron chi connectivity index (χ4n) is 3.38. The molecule has 0 aliphatic rings. The summed E-state index contributed by atoms with van der Waals surface area (Å²) in [5.41, 5.74) is 8.05. The fraction of sp³-hybridized carbons (Fsp3) is 0.200. The van der Waals surface area contributed by atoms with Crippen LogP contribution in [0.25, 0.3) is 16.7 Å². The van der Waals surface area contributed by atoms with Gasteiger partial charge in [0.15, 0.2) is 0 Å². The molecule has 130 valence electrons. The molecule has 0 spiro atoms. The molecule has 0 aliphatic heterocycles. The van der Waals surface area contributed by atoms with Crippen LogP contribution in [0.3, 0.4) is 0 Å². The molecule has 0 saturated carbocycles. The van der Waals surface area contributed by atoms with Crippen molar-refractivity contribution >= 4 is 18.9 Å². The van der Waals surface area contributed by atoms with Crippen molar-refractivity contribution in [2.24, 2.45) is 5.92 Å². The average Bonchev–Trinajstić information content (AvgIpc) is 2.69. The second-order valence-corrected chi connectivity index (χ2v) is 7.11. The Morgan fingerprint density at radius 2 is 1.58 bits per heavy atom. The van der Waals surface area contributed by atoms with E-state index in [1.54, 1.807) is 0 Å². The number of benzene rings is 3.